The van der Waals surface area contributed by atoms with Crippen LogP contribution < -0.4 is 0 Å². The van der Waals surface area contributed by atoms with Gasteiger partial charge in [0.1, 0.15) is 0 Å². The van der Waals surface area contributed by atoms with E-state index in [0.29, 0.717) is 0 Å². The number of hydrogen-bond acceptors (Lipinski definition) is 0. The first kappa shape index (κ1) is 31.5. The van der Waals surface area contributed by atoms with Crippen molar-refractivity contribution in [1.82, 2.24) is 0 Å². The van der Waals surface area contributed by atoms with Gasteiger partial charge in [0.05, 0.1) is 0 Å². The SMILES string of the molecule is C.CC.Cc1cc(C)cc(-c2cccc3c(-c4ccccc4-c4ccccc4)c4cccc(-c5cc(C)cc(C)c5)c4cc23)c1. The zero-order valence-corrected chi connectivity index (χ0v) is 26.7. The van der Waals surface area contributed by atoms with Gasteiger partial charge in [-0.05, 0) is 99.8 Å². The molecular formula is C45H44. The molecule has 0 amide bonds. The van der Waals surface area contributed by atoms with Gasteiger partial charge in [0, 0.05) is 0 Å². The van der Waals surface area contributed by atoms with Crippen molar-refractivity contribution in [2.75, 3.05) is 0 Å². The topological polar surface area (TPSA) is 0 Å². The van der Waals surface area contributed by atoms with E-state index in [0.717, 1.165) is 0 Å². The van der Waals surface area contributed by atoms with Crippen LogP contribution in [0.3, 0.4) is 0 Å². The molecule has 45 heavy (non-hydrogen) atoms. The van der Waals surface area contributed by atoms with Crippen molar-refractivity contribution in [1.29, 1.82) is 0 Å². The molecule has 0 atom stereocenters. The molecule has 0 aromatic heterocycles. The Balaban J connectivity index is 0.00000131. The van der Waals surface area contributed by atoms with Gasteiger partial charge >= 0.3 is 0 Å². The van der Waals surface area contributed by atoms with Gasteiger partial charge in [0.15, 0.2) is 0 Å². The Bertz CT molecular complexity index is 1960. The number of fused-ring (bicyclic) bond motifs is 2. The molecule has 0 aliphatic carbocycles. The molecule has 224 valence electrons. The summed E-state index contributed by atoms with van der Waals surface area (Å²) in [5.41, 5.74) is 15.3. The number of benzene rings is 7. The van der Waals surface area contributed by atoms with E-state index < -0.39 is 0 Å². The van der Waals surface area contributed by atoms with E-state index in [1.165, 1.54) is 88.3 Å². The van der Waals surface area contributed by atoms with E-state index in [4.69, 9.17) is 0 Å². The molecular weight excluding hydrogens is 540 g/mol. The van der Waals surface area contributed by atoms with Gasteiger partial charge in [-0.2, -0.15) is 0 Å². The highest BCUT2D eigenvalue weighted by molar-refractivity contribution is 6.20. The van der Waals surface area contributed by atoms with Crippen LogP contribution in [0.5, 0.6) is 0 Å². The van der Waals surface area contributed by atoms with E-state index in [-0.39, 0.29) is 7.43 Å². The van der Waals surface area contributed by atoms with E-state index in [1.807, 2.05) is 13.8 Å². The summed E-state index contributed by atoms with van der Waals surface area (Å²) in [5, 5.41) is 5.12. The molecule has 0 fully saturated rings. The lowest BCUT2D eigenvalue weighted by atomic mass is 9.84. The van der Waals surface area contributed by atoms with Gasteiger partial charge in [-0.15, -0.1) is 0 Å². The third-order valence-corrected chi connectivity index (χ3v) is 8.39. The smallest absolute Gasteiger partial charge is 0.00201 e. The van der Waals surface area contributed by atoms with Gasteiger partial charge in [-0.25, -0.2) is 0 Å². The Morgan fingerprint density at radius 2 is 0.711 bits per heavy atom. The van der Waals surface area contributed by atoms with Crippen molar-refractivity contribution in [2.24, 2.45) is 0 Å². The minimum atomic E-state index is 0. The van der Waals surface area contributed by atoms with Gasteiger partial charge in [0.25, 0.3) is 0 Å². The Labute approximate surface area is 270 Å². The first-order valence-corrected chi connectivity index (χ1v) is 15.8. The van der Waals surface area contributed by atoms with Gasteiger partial charge in [0.2, 0.25) is 0 Å². The standard InChI is InChI=1S/C42H34.C2H6.CH4/c1-27-20-28(2)23-32(22-27)35-16-10-18-38-40(35)26-41-36(33-24-29(3)21-30(4)25-33)17-11-19-39(41)42(38)37-15-9-8-14-34(37)31-12-6-5-7-13-31;1-2;/h5-26H,1-4H3;1-2H3;1H4. The molecule has 7 rings (SSSR count). The Morgan fingerprint density at radius 3 is 1.18 bits per heavy atom. The first-order chi connectivity index (χ1) is 21.5. The van der Waals surface area contributed by atoms with Crippen LogP contribution in [0.15, 0.2) is 133 Å². The number of aryl methyl sites for hydroxylation is 4. The molecule has 0 saturated heterocycles. The highest BCUT2D eigenvalue weighted by atomic mass is 14.2. The fourth-order valence-electron chi connectivity index (χ4n) is 6.79. The first-order valence-electron chi connectivity index (χ1n) is 15.8. The third kappa shape index (κ3) is 6.06. The molecule has 0 saturated carbocycles. The molecule has 0 nitrogen and oxygen atoms in total. The van der Waals surface area contributed by atoms with Crippen LogP contribution >= 0.6 is 0 Å². The fraction of sp³-hybridized carbons (Fsp3) is 0.156. The second-order valence-corrected chi connectivity index (χ2v) is 11.7. The minimum Gasteiger partial charge on any atom is -0.0776 e. The summed E-state index contributed by atoms with van der Waals surface area (Å²) in [6.07, 6.45) is 0. The zero-order valence-electron chi connectivity index (χ0n) is 26.7. The molecule has 7 aromatic rings. The van der Waals surface area contributed by atoms with E-state index in [1.54, 1.807) is 0 Å². The molecule has 0 bridgehead atoms. The summed E-state index contributed by atoms with van der Waals surface area (Å²) in [6.45, 7) is 12.8. The van der Waals surface area contributed by atoms with Crippen molar-refractivity contribution < 1.29 is 0 Å². The molecule has 0 radical (unpaired) electrons. The van der Waals surface area contributed by atoms with Gasteiger partial charge in [-0.1, -0.05) is 171 Å². The predicted molar refractivity (Wildman–Crippen MR) is 200 cm³/mol. The average molecular weight is 585 g/mol. The second-order valence-electron chi connectivity index (χ2n) is 11.7. The maximum Gasteiger partial charge on any atom is -0.00201 e. The highest BCUT2D eigenvalue weighted by Gasteiger charge is 2.18. The second kappa shape index (κ2) is 13.4. The molecule has 0 aliphatic heterocycles. The van der Waals surface area contributed by atoms with Crippen molar-refractivity contribution in [3.8, 4) is 44.5 Å². The predicted octanol–water partition coefficient (Wildman–Crippen LogP) is 13.6. The van der Waals surface area contributed by atoms with Crippen molar-refractivity contribution in [2.45, 2.75) is 49.0 Å². The molecule has 0 aliphatic rings. The molecule has 7 aromatic carbocycles. The number of hydrogen-bond donors (Lipinski definition) is 0. The molecule has 0 N–H and O–H groups in total. The molecule has 0 heterocycles. The maximum atomic E-state index is 2.44. The molecule has 0 spiro atoms. The fourth-order valence-corrected chi connectivity index (χ4v) is 6.79. The summed E-state index contributed by atoms with van der Waals surface area (Å²) in [6, 6.07) is 49.5. The molecule has 0 unspecified atom stereocenters. The normalized spacial score (nSPS) is 10.7. The van der Waals surface area contributed by atoms with Crippen molar-refractivity contribution in [3.05, 3.63) is 156 Å². The van der Waals surface area contributed by atoms with E-state index >= 15 is 0 Å². The maximum absolute atomic E-state index is 2.44. The average Bonchev–Trinajstić information content (AvgIpc) is 3.03. The van der Waals surface area contributed by atoms with Crippen LogP contribution in [-0.4, -0.2) is 0 Å². The van der Waals surface area contributed by atoms with E-state index in [2.05, 4.69) is 161 Å². The quantitative estimate of drug-likeness (QED) is 0.181. The zero-order chi connectivity index (χ0) is 30.8. The summed E-state index contributed by atoms with van der Waals surface area (Å²) in [5.74, 6) is 0. The summed E-state index contributed by atoms with van der Waals surface area (Å²) < 4.78 is 0. The van der Waals surface area contributed by atoms with E-state index in [9.17, 15) is 0 Å². The lowest BCUT2D eigenvalue weighted by Crippen LogP contribution is -1.93. The third-order valence-electron chi connectivity index (χ3n) is 8.39. The van der Waals surface area contributed by atoms with Crippen molar-refractivity contribution in [3.63, 3.8) is 0 Å². The van der Waals surface area contributed by atoms with Crippen LogP contribution in [-0.2, 0) is 0 Å². The summed E-state index contributed by atoms with van der Waals surface area (Å²) >= 11 is 0. The molecule has 0 heteroatoms. The Hall–Kier alpha value is -4.94. The monoisotopic (exact) mass is 584 g/mol. The largest absolute Gasteiger partial charge is 0.0776 e. The lowest BCUT2D eigenvalue weighted by molar-refractivity contribution is 1.39. The summed E-state index contributed by atoms with van der Waals surface area (Å²) in [4.78, 5) is 0. The van der Waals surface area contributed by atoms with Crippen LogP contribution in [0, 0.1) is 27.7 Å². The van der Waals surface area contributed by atoms with Gasteiger partial charge in [-0.3, -0.25) is 0 Å². The van der Waals surface area contributed by atoms with Crippen LogP contribution in [0.4, 0.5) is 0 Å². The van der Waals surface area contributed by atoms with Crippen molar-refractivity contribution >= 4 is 21.5 Å². The van der Waals surface area contributed by atoms with Crippen LogP contribution in [0.2, 0.25) is 0 Å². The van der Waals surface area contributed by atoms with Gasteiger partial charge < -0.3 is 0 Å². The lowest BCUT2D eigenvalue weighted by Gasteiger charge is -2.20. The number of rotatable bonds is 4. The Kier molecular flexibility index (Phi) is 9.35. The van der Waals surface area contributed by atoms with Crippen LogP contribution in [0.25, 0.3) is 66.1 Å². The van der Waals surface area contributed by atoms with Crippen LogP contribution in [0.1, 0.15) is 43.5 Å². The minimum absolute atomic E-state index is 0. The highest BCUT2D eigenvalue weighted by Crippen LogP contribution is 2.45. The summed E-state index contributed by atoms with van der Waals surface area (Å²) in [7, 11) is 0. The Morgan fingerprint density at radius 1 is 0.311 bits per heavy atom.